The largest absolute Gasteiger partial charge is 0.356 e. The molecule has 5 nitrogen and oxygen atoms in total. The summed E-state index contributed by atoms with van der Waals surface area (Å²) in [6, 6.07) is 0.429. The number of amides is 2. The Morgan fingerprint density at radius 2 is 1.67 bits per heavy atom. The molecule has 18 heavy (non-hydrogen) atoms. The van der Waals surface area contributed by atoms with Gasteiger partial charge in [0, 0.05) is 25.4 Å². The van der Waals surface area contributed by atoms with Crippen LogP contribution in [0.1, 0.15) is 38.5 Å². The highest BCUT2D eigenvalue weighted by molar-refractivity contribution is 5.85. The molecule has 0 aliphatic heterocycles. The molecule has 0 aromatic carbocycles. The first kappa shape index (κ1) is 17.2. The van der Waals surface area contributed by atoms with Crippen LogP contribution in [0.4, 0.5) is 0 Å². The third-order valence-electron chi connectivity index (χ3n) is 2.68. The van der Waals surface area contributed by atoms with Crippen molar-refractivity contribution in [2.45, 2.75) is 44.6 Å². The molecule has 0 saturated heterocycles. The van der Waals surface area contributed by atoms with E-state index in [4.69, 9.17) is 0 Å². The second kappa shape index (κ2) is 10.1. The molecule has 1 aliphatic carbocycles. The fourth-order valence-electron chi connectivity index (χ4n) is 1.52. The molecule has 1 aliphatic rings. The summed E-state index contributed by atoms with van der Waals surface area (Å²) < 4.78 is 0. The van der Waals surface area contributed by atoms with Crippen molar-refractivity contribution in [3.05, 3.63) is 0 Å². The van der Waals surface area contributed by atoms with E-state index in [-0.39, 0.29) is 24.2 Å². The summed E-state index contributed by atoms with van der Waals surface area (Å²) in [4.78, 5) is 22.6. The van der Waals surface area contributed by atoms with Crippen molar-refractivity contribution in [1.29, 1.82) is 0 Å². The highest BCUT2D eigenvalue weighted by Gasteiger charge is 2.22. The molecule has 0 bridgehead atoms. The summed E-state index contributed by atoms with van der Waals surface area (Å²) in [5, 5.41) is 8.74. The van der Waals surface area contributed by atoms with Crippen molar-refractivity contribution >= 4 is 24.2 Å². The van der Waals surface area contributed by atoms with E-state index in [1.165, 1.54) is 0 Å². The summed E-state index contributed by atoms with van der Waals surface area (Å²) >= 11 is 0. The molecule has 0 atom stereocenters. The molecule has 0 heterocycles. The van der Waals surface area contributed by atoms with E-state index >= 15 is 0 Å². The lowest BCUT2D eigenvalue weighted by Crippen LogP contribution is -2.28. The number of carbonyl (C=O) groups is 2. The van der Waals surface area contributed by atoms with Crippen molar-refractivity contribution in [3.8, 4) is 0 Å². The minimum atomic E-state index is 0. The summed E-state index contributed by atoms with van der Waals surface area (Å²) in [6.07, 6.45) is 4.87. The normalized spacial score (nSPS) is 13.6. The van der Waals surface area contributed by atoms with E-state index in [1.807, 2.05) is 7.05 Å². The molecule has 0 radical (unpaired) electrons. The highest BCUT2D eigenvalue weighted by Crippen LogP contribution is 2.18. The second-order valence-corrected chi connectivity index (χ2v) is 4.50. The lowest BCUT2D eigenvalue weighted by atomic mass is 10.2. The number of halogens is 1. The topological polar surface area (TPSA) is 70.2 Å². The van der Waals surface area contributed by atoms with E-state index in [0.717, 1.165) is 32.2 Å². The Balaban J connectivity index is 0.00000289. The van der Waals surface area contributed by atoms with Gasteiger partial charge in [0.1, 0.15) is 0 Å². The van der Waals surface area contributed by atoms with Crippen molar-refractivity contribution < 1.29 is 9.59 Å². The van der Waals surface area contributed by atoms with Crippen LogP contribution in [0.15, 0.2) is 0 Å². The Kier molecular flexibility index (Phi) is 9.69. The summed E-state index contributed by atoms with van der Waals surface area (Å²) in [7, 11) is 1.87. The summed E-state index contributed by atoms with van der Waals surface area (Å²) in [6.45, 7) is 1.45. The van der Waals surface area contributed by atoms with E-state index in [9.17, 15) is 9.59 Å². The molecule has 0 unspecified atom stereocenters. The molecular formula is C12H24ClN3O2. The minimum absolute atomic E-state index is 0. The van der Waals surface area contributed by atoms with Gasteiger partial charge in [0.25, 0.3) is 0 Å². The van der Waals surface area contributed by atoms with E-state index in [1.54, 1.807) is 0 Å². The van der Waals surface area contributed by atoms with E-state index < -0.39 is 0 Å². The van der Waals surface area contributed by atoms with Crippen LogP contribution in [0.3, 0.4) is 0 Å². The number of nitrogens with one attached hydrogen (secondary N) is 3. The summed E-state index contributed by atoms with van der Waals surface area (Å²) in [5.74, 6) is 0.180. The fraction of sp³-hybridized carbons (Fsp3) is 0.833. The first-order chi connectivity index (χ1) is 8.22. The minimum Gasteiger partial charge on any atom is -0.356 e. The molecule has 1 saturated carbocycles. The Morgan fingerprint density at radius 1 is 1.06 bits per heavy atom. The third kappa shape index (κ3) is 9.24. The van der Waals surface area contributed by atoms with Gasteiger partial charge >= 0.3 is 0 Å². The Labute approximate surface area is 115 Å². The molecule has 6 heteroatoms. The summed E-state index contributed by atoms with van der Waals surface area (Å²) in [5.41, 5.74) is 0. The van der Waals surface area contributed by atoms with Gasteiger partial charge in [0.05, 0.1) is 0 Å². The molecule has 0 aromatic rings. The van der Waals surface area contributed by atoms with Crippen LogP contribution >= 0.6 is 12.4 Å². The second-order valence-electron chi connectivity index (χ2n) is 4.50. The predicted octanol–water partition coefficient (Wildman–Crippen LogP) is 0.583. The maximum atomic E-state index is 11.3. The number of hydrogen-bond acceptors (Lipinski definition) is 3. The van der Waals surface area contributed by atoms with Crippen LogP contribution in [-0.4, -0.2) is 38.0 Å². The first-order valence-electron chi connectivity index (χ1n) is 6.43. The predicted molar refractivity (Wildman–Crippen MR) is 73.8 cm³/mol. The standard InChI is InChI=1S/C12H23N3O2.ClH/c1-13-8-2-4-11(16)14-9-3-5-12(17)15-10-6-7-10;/h10,13H,2-9H2,1H3,(H,14,16)(H,15,17);1H. The number of rotatable bonds is 9. The van der Waals surface area contributed by atoms with Gasteiger partial charge in [-0.2, -0.15) is 0 Å². The first-order valence-corrected chi connectivity index (χ1v) is 6.43. The molecule has 3 N–H and O–H groups in total. The SMILES string of the molecule is CNCCCC(=O)NCCCC(=O)NC1CC1.Cl. The van der Waals surface area contributed by atoms with Gasteiger partial charge in [-0.1, -0.05) is 0 Å². The zero-order valence-electron chi connectivity index (χ0n) is 11.0. The quantitative estimate of drug-likeness (QED) is 0.540. The molecule has 1 rings (SSSR count). The third-order valence-corrected chi connectivity index (χ3v) is 2.68. The van der Waals surface area contributed by atoms with E-state index in [2.05, 4.69) is 16.0 Å². The molecule has 106 valence electrons. The van der Waals surface area contributed by atoms with Gasteiger partial charge in [0.15, 0.2) is 0 Å². The molecule has 0 aromatic heterocycles. The maximum Gasteiger partial charge on any atom is 0.220 e. The van der Waals surface area contributed by atoms with Gasteiger partial charge in [-0.25, -0.2) is 0 Å². The smallest absolute Gasteiger partial charge is 0.220 e. The van der Waals surface area contributed by atoms with Crippen molar-refractivity contribution in [1.82, 2.24) is 16.0 Å². The fourth-order valence-corrected chi connectivity index (χ4v) is 1.52. The zero-order valence-corrected chi connectivity index (χ0v) is 11.8. The Bertz CT molecular complexity index is 258. The molecular weight excluding hydrogens is 254 g/mol. The van der Waals surface area contributed by atoms with Gasteiger partial charge in [0.2, 0.25) is 11.8 Å². The molecule has 2 amide bonds. The Hall–Kier alpha value is -0.810. The van der Waals surface area contributed by atoms with Crippen LogP contribution in [0.5, 0.6) is 0 Å². The lowest BCUT2D eigenvalue weighted by molar-refractivity contribution is -0.123. The molecule has 1 fully saturated rings. The molecule has 0 spiro atoms. The van der Waals surface area contributed by atoms with E-state index in [0.29, 0.717) is 25.4 Å². The zero-order chi connectivity index (χ0) is 12.5. The van der Waals surface area contributed by atoms with Crippen LogP contribution in [0.2, 0.25) is 0 Å². The van der Waals surface area contributed by atoms with Crippen molar-refractivity contribution in [3.63, 3.8) is 0 Å². The van der Waals surface area contributed by atoms with Crippen LogP contribution in [0, 0.1) is 0 Å². The van der Waals surface area contributed by atoms with Gasteiger partial charge in [-0.3, -0.25) is 9.59 Å². The Morgan fingerprint density at radius 3 is 2.28 bits per heavy atom. The van der Waals surface area contributed by atoms with Crippen LogP contribution in [-0.2, 0) is 9.59 Å². The number of carbonyl (C=O) groups excluding carboxylic acids is 2. The van der Waals surface area contributed by atoms with Crippen LogP contribution in [0.25, 0.3) is 0 Å². The van der Waals surface area contributed by atoms with Crippen molar-refractivity contribution in [2.24, 2.45) is 0 Å². The maximum absolute atomic E-state index is 11.3. The highest BCUT2D eigenvalue weighted by atomic mass is 35.5. The van der Waals surface area contributed by atoms with Crippen molar-refractivity contribution in [2.75, 3.05) is 20.1 Å². The van der Waals surface area contributed by atoms with Gasteiger partial charge in [-0.05, 0) is 39.3 Å². The van der Waals surface area contributed by atoms with Crippen LogP contribution < -0.4 is 16.0 Å². The average molecular weight is 278 g/mol. The van der Waals surface area contributed by atoms with Gasteiger partial charge in [-0.15, -0.1) is 12.4 Å². The van der Waals surface area contributed by atoms with Gasteiger partial charge < -0.3 is 16.0 Å². The monoisotopic (exact) mass is 277 g/mol. The average Bonchev–Trinajstić information content (AvgIpc) is 3.09. The lowest BCUT2D eigenvalue weighted by Gasteiger charge is -2.05. The number of hydrogen-bond donors (Lipinski definition) is 3.